The predicted molar refractivity (Wildman–Crippen MR) is 98.9 cm³/mol. The predicted octanol–water partition coefficient (Wildman–Crippen LogP) is 3.66. The van der Waals surface area contributed by atoms with Gasteiger partial charge in [-0.15, -0.1) is 0 Å². The molecule has 0 saturated heterocycles. The molecule has 1 heterocycles. The number of rotatable bonds is 7. The van der Waals surface area contributed by atoms with E-state index in [0.717, 1.165) is 24.0 Å². The van der Waals surface area contributed by atoms with Gasteiger partial charge in [0.25, 0.3) is 5.91 Å². The second kappa shape index (κ2) is 8.03. The number of fused-ring (bicyclic) bond motifs is 1. The first-order chi connectivity index (χ1) is 12.1. The van der Waals surface area contributed by atoms with E-state index in [1.807, 2.05) is 30.6 Å². The molecule has 0 aliphatic heterocycles. The highest BCUT2D eigenvalue weighted by molar-refractivity contribution is 6.30. The van der Waals surface area contributed by atoms with Gasteiger partial charge in [0.1, 0.15) is 5.75 Å². The SMILES string of the molecule is CC(Oc1cccc(Cl)c1)C(=O)NCCCn1cnc2ccccc21. The number of hydrogen-bond acceptors (Lipinski definition) is 3. The molecule has 0 fully saturated rings. The first-order valence-electron chi connectivity index (χ1n) is 8.23. The van der Waals surface area contributed by atoms with Crippen LogP contribution >= 0.6 is 11.6 Å². The number of imidazole rings is 1. The standard InChI is InChI=1S/C19H20ClN3O2/c1-14(25-16-7-4-6-15(20)12-16)19(24)21-10-5-11-23-13-22-17-8-2-3-9-18(17)23/h2-4,6-9,12-14H,5,10-11H2,1H3,(H,21,24). The summed E-state index contributed by atoms with van der Waals surface area (Å²) in [5, 5.41) is 3.48. The molecule has 1 atom stereocenters. The van der Waals surface area contributed by atoms with Crippen molar-refractivity contribution in [3.05, 3.63) is 59.9 Å². The lowest BCUT2D eigenvalue weighted by Crippen LogP contribution is -2.37. The summed E-state index contributed by atoms with van der Waals surface area (Å²) < 4.78 is 7.70. The fourth-order valence-corrected chi connectivity index (χ4v) is 2.77. The zero-order chi connectivity index (χ0) is 17.6. The minimum Gasteiger partial charge on any atom is -0.481 e. The molecule has 1 N–H and O–H groups in total. The third-order valence-electron chi connectivity index (χ3n) is 3.88. The first-order valence-corrected chi connectivity index (χ1v) is 8.61. The third kappa shape index (κ3) is 4.51. The molecule has 1 unspecified atom stereocenters. The number of nitrogens with one attached hydrogen (secondary N) is 1. The van der Waals surface area contributed by atoms with Gasteiger partial charge < -0.3 is 14.6 Å². The summed E-state index contributed by atoms with van der Waals surface area (Å²) in [5.74, 6) is 0.440. The largest absolute Gasteiger partial charge is 0.481 e. The molecule has 5 nitrogen and oxygen atoms in total. The first kappa shape index (κ1) is 17.3. The molecule has 0 aliphatic carbocycles. The zero-order valence-corrected chi connectivity index (χ0v) is 14.7. The Bertz CT molecular complexity index is 863. The van der Waals surface area contributed by atoms with E-state index in [0.29, 0.717) is 17.3 Å². The molecule has 0 saturated carbocycles. The molecule has 0 spiro atoms. The van der Waals surface area contributed by atoms with Crippen molar-refractivity contribution < 1.29 is 9.53 Å². The van der Waals surface area contributed by atoms with E-state index in [4.69, 9.17) is 16.3 Å². The number of aryl methyl sites for hydroxylation is 1. The van der Waals surface area contributed by atoms with Gasteiger partial charge in [-0.05, 0) is 43.7 Å². The van der Waals surface area contributed by atoms with Gasteiger partial charge in [0.15, 0.2) is 6.10 Å². The van der Waals surface area contributed by atoms with Crippen LogP contribution in [0.25, 0.3) is 11.0 Å². The van der Waals surface area contributed by atoms with Crippen molar-refractivity contribution >= 4 is 28.5 Å². The van der Waals surface area contributed by atoms with Crippen molar-refractivity contribution in [2.75, 3.05) is 6.54 Å². The van der Waals surface area contributed by atoms with Gasteiger partial charge in [0, 0.05) is 18.1 Å². The molecule has 3 rings (SSSR count). The highest BCUT2D eigenvalue weighted by Crippen LogP contribution is 2.18. The molecule has 1 aromatic heterocycles. The Balaban J connectivity index is 1.44. The normalized spacial score (nSPS) is 12.1. The average molecular weight is 358 g/mol. The van der Waals surface area contributed by atoms with E-state index in [9.17, 15) is 4.79 Å². The fraction of sp³-hybridized carbons (Fsp3) is 0.263. The van der Waals surface area contributed by atoms with Crippen LogP contribution in [0, 0.1) is 0 Å². The van der Waals surface area contributed by atoms with Crippen LogP contribution < -0.4 is 10.1 Å². The Labute approximate surface area is 151 Å². The summed E-state index contributed by atoms with van der Waals surface area (Å²) in [6, 6.07) is 15.0. The van der Waals surface area contributed by atoms with Crippen LogP contribution in [0.5, 0.6) is 5.75 Å². The lowest BCUT2D eigenvalue weighted by molar-refractivity contribution is -0.127. The molecule has 1 amide bonds. The maximum absolute atomic E-state index is 12.1. The number of benzene rings is 2. The number of carbonyl (C=O) groups is 1. The van der Waals surface area contributed by atoms with Crippen molar-refractivity contribution in [1.82, 2.24) is 14.9 Å². The summed E-state index contributed by atoms with van der Waals surface area (Å²) in [7, 11) is 0. The number of ether oxygens (including phenoxy) is 1. The number of aromatic nitrogens is 2. The van der Waals surface area contributed by atoms with Crippen LogP contribution in [0.15, 0.2) is 54.9 Å². The fourth-order valence-electron chi connectivity index (χ4n) is 2.59. The van der Waals surface area contributed by atoms with Crippen LogP contribution in [0.2, 0.25) is 5.02 Å². The van der Waals surface area contributed by atoms with E-state index in [1.54, 1.807) is 31.2 Å². The van der Waals surface area contributed by atoms with Crippen LogP contribution in [0.3, 0.4) is 0 Å². The van der Waals surface area contributed by atoms with Gasteiger partial charge in [-0.1, -0.05) is 29.8 Å². The Hall–Kier alpha value is -2.53. The highest BCUT2D eigenvalue weighted by Gasteiger charge is 2.14. The molecule has 130 valence electrons. The van der Waals surface area contributed by atoms with Crippen molar-refractivity contribution in [3.63, 3.8) is 0 Å². The number of halogens is 1. The second-order valence-electron chi connectivity index (χ2n) is 5.79. The highest BCUT2D eigenvalue weighted by atomic mass is 35.5. The Morgan fingerprint density at radius 3 is 2.96 bits per heavy atom. The van der Waals surface area contributed by atoms with Gasteiger partial charge in [0.05, 0.1) is 17.4 Å². The molecule has 25 heavy (non-hydrogen) atoms. The third-order valence-corrected chi connectivity index (χ3v) is 4.12. The van der Waals surface area contributed by atoms with E-state index in [1.165, 1.54) is 0 Å². The smallest absolute Gasteiger partial charge is 0.260 e. The Morgan fingerprint density at radius 1 is 1.28 bits per heavy atom. The van der Waals surface area contributed by atoms with Crippen molar-refractivity contribution in [3.8, 4) is 5.75 Å². The maximum atomic E-state index is 12.1. The van der Waals surface area contributed by atoms with Crippen LogP contribution in [-0.2, 0) is 11.3 Å². The number of amides is 1. The molecule has 6 heteroatoms. The zero-order valence-electron chi connectivity index (χ0n) is 14.0. The maximum Gasteiger partial charge on any atom is 0.260 e. The summed E-state index contributed by atoms with van der Waals surface area (Å²) >= 11 is 5.91. The quantitative estimate of drug-likeness (QED) is 0.656. The topological polar surface area (TPSA) is 56.1 Å². The average Bonchev–Trinajstić information content (AvgIpc) is 3.02. The van der Waals surface area contributed by atoms with E-state index in [-0.39, 0.29) is 5.91 Å². The summed E-state index contributed by atoms with van der Waals surface area (Å²) in [6.07, 6.45) is 2.07. The van der Waals surface area contributed by atoms with Crippen molar-refractivity contribution in [2.24, 2.45) is 0 Å². The molecule has 0 radical (unpaired) electrons. The number of hydrogen-bond donors (Lipinski definition) is 1. The molecule has 0 aliphatic rings. The Kier molecular flexibility index (Phi) is 5.56. The molecular weight excluding hydrogens is 338 g/mol. The van der Waals surface area contributed by atoms with Gasteiger partial charge >= 0.3 is 0 Å². The molecule has 3 aromatic rings. The van der Waals surface area contributed by atoms with Crippen molar-refractivity contribution in [2.45, 2.75) is 26.0 Å². The molecule has 0 bridgehead atoms. The number of para-hydroxylation sites is 2. The lowest BCUT2D eigenvalue weighted by Gasteiger charge is -2.15. The second-order valence-corrected chi connectivity index (χ2v) is 6.23. The Morgan fingerprint density at radius 2 is 2.12 bits per heavy atom. The monoisotopic (exact) mass is 357 g/mol. The van der Waals surface area contributed by atoms with Gasteiger partial charge in [-0.2, -0.15) is 0 Å². The van der Waals surface area contributed by atoms with Crippen LogP contribution in [-0.4, -0.2) is 28.1 Å². The molecule has 2 aromatic carbocycles. The van der Waals surface area contributed by atoms with Crippen molar-refractivity contribution in [1.29, 1.82) is 0 Å². The van der Waals surface area contributed by atoms with Crippen LogP contribution in [0.1, 0.15) is 13.3 Å². The van der Waals surface area contributed by atoms with E-state index < -0.39 is 6.10 Å². The van der Waals surface area contributed by atoms with E-state index >= 15 is 0 Å². The lowest BCUT2D eigenvalue weighted by atomic mass is 10.3. The summed E-state index contributed by atoms with van der Waals surface area (Å²) in [6.45, 7) is 3.10. The van der Waals surface area contributed by atoms with E-state index in [2.05, 4.69) is 14.9 Å². The summed E-state index contributed by atoms with van der Waals surface area (Å²) in [4.78, 5) is 16.5. The minimum atomic E-state index is -0.576. The minimum absolute atomic E-state index is 0.143. The van der Waals surface area contributed by atoms with Crippen LogP contribution in [0.4, 0.5) is 0 Å². The van der Waals surface area contributed by atoms with Gasteiger partial charge in [-0.3, -0.25) is 4.79 Å². The summed E-state index contributed by atoms with van der Waals surface area (Å²) in [5.41, 5.74) is 2.08. The van der Waals surface area contributed by atoms with Gasteiger partial charge in [0.2, 0.25) is 0 Å². The number of carbonyl (C=O) groups excluding carboxylic acids is 1. The van der Waals surface area contributed by atoms with Gasteiger partial charge in [-0.25, -0.2) is 4.98 Å². The number of nitrogens with zero attached hydrogens (tertiary/aromatic N) is 2. The molecular formula is C19H20ClN3O2.